The molecular formula is C15H24N2O. The Balaban J connectivity index is 2.17. The van der Waals surface area contributed by atoms with Crippen LogP contribution in [0.4, 0.5) is 0 Å². The Labute approximate surface area is 110 Å². The van der Waals surface area contributed by atoms with Gasteiger partial charge in [-0.15, -0.1) is 0 Å². The Kier molecular flexibility index (Phi) is 4.61. The zero-order valence-corrected chi connectivity index (χ0v) is 11.6. The highest BCUT2D eigenvalue weighted by Gasteiger charge is 2.22. The molecule has 2 N–H and O–H groups in total. The van der Waals surface area contributed by atoms with Crippen LogP contribution in [-0.2, 0) is 0 Å². The van der Waals surface area contributed by atoms with E-state index in [1.165, 1.54) is 24.0 Å². The lowest BCUT2D eigenvalue weighted by molar-refractivity contribution is 0.383. The maximum atomic E-state index is 5.49. The van der Waals surface area contributed by atoms with Crippen molar-refractivity contribution >= 4 is 0 Å². The van der Waals surface area contributed by atoms with Crippen molar-refractivity contribution in [2.45, 2.75) is 25.8 Å². The van der Waals surface area contributed by atoms with E-state index in [0.717, 1.165) is 24.8 Å². The van der Waals surface area contributed by atoms with E-state index in [-0.39, 0.29) is 0 Å². The molecule has 1 aliphatic rings. The highest BCUT2D eigenvalue weighted by atomic mass is 16.5. The van der Waals surface area contributed by atoms with E-state index in [4.69, 9.17) is 4.74 Å². The monoisotopic (exact) mass is 248 g/mol. The molecule has 1 fully saturated rings. The molecule has 3 nitrogen and oxygen atoms in total. The Morgan fingerprint density at radius 1 is 1.50 bits per heavy atom. The minimum Gasteiger partial charge on any atom is -0.496 e. The van der Waals surface area contributed by atoms with E-state index in [1.54, 1.807) is 7.11 Å². The summed E-state index contributed by atoms with van der Waals surface area (Å²) in [6.45, 7) is 4.44. The van der Waals surface area contributed by atoms with Crippen LogP contribution in [0.25, 0.3) is 0 Å². The second-order valence-electron chi connectivity index (χ2n) is 5.18. The quantitative estimate of drug-likeness (QED) is 0.838. The average Bonchev–Trinajstić information content (AvgIpc) is 2.88. The molecule has 100 valence electrons. The molecular weight excluding hydrogens is 224 g/mol. The van der Waals surface area contributed by atoms with Gasteiger partial charge >= 0.3 is 0 Å². The summed E-state index contributed by atoms with van der Waals surface area (Å²) < 4.78 is 5.49. The van der Waals surface area contributed by atoms with Crippen LogP contribution >= 0.6 is 0 Å². The molecule has 3 heteroatoms. The molecule has 1 aliphatic heterocycles. The minimum absolute atomic E-state index is 0.379. The van der Waals surface area contributed by atoms with Crippen molar-refractivity contribution in [3.63, 3.8) is 0 Å². The highest BCUT2D eigenvalue weighted by Crippen LogP contribution is 2.31. The van der Waals surface area contributed by atoms with E-state index in [0.29, 0.717) is 6.04 Å². The Hall–Kier alpha value is -1.06. The standard InChI is InChI=1S/C15H24N2O/c1-11-4-5-15(18-3)13(8-11)14(16-2)9-12-6-7-17-10-12/h4-5,8,12,14,16-17H,6-7,9-10H2,1-3H3. The van der Waals surface area contributed by atoms with Gasteiger partial charge in [0, 0.05) is 11.6 Å². The van der Waals surface area contributed by atoms with Crippen LogP contribution in [0.1, 0.15) is 30.0 Å². The Morgan fingerprint density at radius 3 is 2.94 bits per heavy atom. The number of aryl methyl sites for hydroxylation is 1. The van der Waals surface area contributed by atoms with Crippen LogP contribution in [0, 0.1) is 12.8 Å². The molecule has 1 saturated heterocycles. The van der Waals surface area contributed by atoms with Crippen molar-refractivity contribution in [3.8, 4) is 5.75 Å². The van der Waals surface area contributed by atoms with Gasteiger partial charge in [-0.25, -0.2) is 0 Å². The van der Waals surface area contributed by atoms with Crippen LogP contribution in [0.3, 0.4) is 0 Å². The molecule has 0 amide bonds. The third-order valence-corrected chi connectivity index (χ3v) is 3.84. The minimum atomic E-state index is 0.379. The maximum absolute atomic E-state index is 5.49. The Morgan fingerprint density at radius 2 is 2.33 bits per heavy atom. The van der Waals surface area contributed by atoms with Crippen LogP contribution in [0.15, 0.2) is 18.2 Å². The van der Waals surface area contributed by atoms with Gasteiger partial charge in [0.15, 0.2) is 0 Å². The number of methoxy groups -OCH3 is 1. The molecule has 0 aliphatic carbocycles. The van der Waals surface area contributed by atoms with Crippen molar-refractivity contribution in [3.05, 3.63) is 29.3 Å². The molecule has 1 aromatic rings. The molecule has 18 heavy (non-hydrogen) atoms. The lowest BCUT2D eigenvalue weighted by atomic mass is 9.93. The Bertz CT molecular complexity index is 386. The number of nitrogens with one attached hydrogen (secondary N) is 2. The lowest BCUT2D eigenvalue weighted by Crippen LogP contribution is -2.21. The summed E-state index contributed by atoms with van der Waals surface area (Å²) in [7, 11) is 3.78. The van der Waals surface area contributed by atoms with Crippen molar-refractivity contribution in [1.29, 1.82) is 0 Å². The molecule has 0 bridgehead atoms. The molecule has 1 aromatic carbocycles. The van der Waals surface area contributed by atoms with Crippen molar-refractivity contribution < 1.29 is 4.74 Å². The number of rotatable bonds is 5. The molecule has 0 spiro atoms. The molecule has 1 heterocycles. The van der Waals surface area contributed by atoms with E-state index >= 15 is 0 Å². The van der Waals surface area contributed by atoms with Gasteiger partial charge in [0.25, 0.3) is 0 Å². The van der Waals surface area contributed by atoms with E-state index in [2.05, 4.69) is 35.8 Å². The second kappa shape index (κ2) is 6.21. The molecule has 0 saturated carbocycles. The third-order valence-electron chi connectivity index (χ3n) is 3.84. The molecule has 2 unspecified atom stereocenters. The van der Waals surface area contributed by atoms with E-state index < -0.39 is 0 Å². The summed E-state index contributed by atoms with van der Waals surface area (Å²) in [5.74, 6) is 1.76. The van der Waals surface area contributed by atoms with Crippen LogP contribution < -0.4 is 15.4 Å². The van der Waals surface area contributed by atoms with Gasteiger partial charge in [-0.05, 0) is 51.9 Å². The van der Waals surface area contributed by atoms with Gasteiger partial charge in [0.05, 0.1) is 7.11 Å². The summed E-state index contributed by atoms with van der Waals surface area (Å²) in [5, 5.41) is 6.87. The fourth-order valence-electron chi connectivity index (χ4n) is 2.78. The topological polar surface area (TPSA) is 33.3 Å². The highest BCUT2D eigenvalue weighted by molar-refractivity contribution is 5.39. The summed E-state index contributed by atoms with van der Waals surface area (Å²) in [5.41, 5.74) is 2.57. The molecule has 2 atom stereocenters. The van der Waals surface area contributed by atoms with Crippen LogP contribution in [0.2, 0.25) is 0 Å². The number of hydrogen-bond acceptors (Lipinski definition) is 3. The number of hydrogen-bond donors (Lipinski definition) is 2. The summed E-state index contributed by atoms with van der Waals surface area (Å²) >= 11 is 0. The summed E-state index contributed by atoms with van der Waals surface area (Å²) in [6.07, 6.45) is 2.45. The smallest absolute Gasteiger partial charge is 0.123 e. The zero-order valence-electron chi connectivity index (χ0n) is 11.6. The first-order valence-electron chi connectivity index (χ1n) is 6.77. The van der Waals surface area contributed by atoms with Gasteiger partial charge in [0.2, 0.25) is 0 Å². The maximum Gasteiger partial charge on any atom is 0.123 e. The fourth-order valence-corrected chi connectivity index (χ4v) is 2.78. The van der Waals surface area contributed by atoms with E-state index in [9.17, 15) is 0 Å². The first-order chi connectivity index (χ1) is 8.74. The molecule has 0 radical (unpaired) electrons. The third kappa shape index (κ3) is 3.03. The fraction of sp³-hybridized carbons (Fsp3) is 0.600. The van der Waals surface area contributed by atoms with E-state index in [1.807, 2.05) is 7.05 Å². The van der Waals surface area contributed by atoms with Gasteiger partial charge in [0.1, 0.15) is 5.75 Å². The van der Waals surface area contributed by atoms with Crippen LogP contribution in [-0.4, -0.2) is 27.2 Å². The number of benzene rings is 1. The lowest BCUT2D eigenvalue weighted by Gasteiger charge is -2.22. The largest absolute Gasteiger partial charge is 0.496 e. The predicted octanol–water partition coefficient (Wildman–Crippen LogP) is 2.26. The SMILES string of the molecule is CNC(CC1CCNC1)c1cc(C)ccc1OC. The second-order valence-corrected chi connectivity index (χ2v) is 5.18. The normalized spacial score (nSPS) is 20.9. The van der Waals surface area contributed by atoms with Gasteiger partial charge in [-0.3, -0.25) is 0 Å². The summed E-state index contributed by atoms with van der Waals surface area (Å²) in [6, 6.07) is 6.79. The van der Waals surface area contributed by atoms with Crippen molar-refractivity contribution in [1.82, 2.24) is 10.6 Å². The zero-order chi connectivity index (χ0) is 13.0. The molecule has 0 aromatic heterocycles. The first kappa shape index (κ1) is 13.4. The van der Waals surface area contributed by atoms with Gasteiger partial charge in [-0.1, -0.05) is 17.7 Å². The first-order valence-corrected chi connectivity index (χ1v) is 6.77. The average molecular weight is 248 g/mol. The van der Waals surface area contributed by atoms with Gasteiger partial charge < -0.3 is 15.4 Å². The summed E-state index contributed by atoms with van der Waals surface area (Å²) in [4.78, 5) is 0. The number of ether oxygens (including phenoxy) is 1. The van der Waals surface area contributed by atoms with Gasteiger partial charge in [-0.2, -0.15) is 0 Å². The van der Waals surface area contributed by atoms with Crippen molar-refractivity contribution in [2.24, 2.45) is 5.92 Å². The van der Waals surface area contributed by atoms with Crippen LogP contribution in [0.5, 0.6) is 5.75 Å². The predicted molar refractivity (Wildman–Crippen MR) is 75.1 cm³/mol. The molecule has 2 rings (SSSR count). The van der Waals surface area contributed by atoms with Crippen molar-refractivity contribution in [2.75, 3.05) is 27.2 Å².